The van der Waals surface area contributed by atoms with E-state index >= 15 is 0 Å². The molecule has 2 heterocycles. The van der Waals surface area contributed by atoms with Gasteiger partial charge in [0.05, 0.1) is 24.2 Å². The number of nitrogens with one attached hydrogen (secondary N) is 2. The maximum Gasteiger partial charge on any atom is 0.191 e. The number of fused-ring (bicyclic) bond motifs is 1. The summed E-state index contributed by atoms with van der Waals surface area (Å²) in [5.74, 6) is 0.750. The Labute approximate surface area is 168 Å². The van der Waals surface area contributed by atoms with Crippen LogP contribution in [0.15, 0.2) is 28.1 Å². The molecule has 1 aromatic carbocycles. The van der Waals surface area contributed by atoms with Gasteiger partial charge < -0.3 is 15.4 Å². The zero-order valence-corrected chi connectivity index (χ0v) is 17.9. The van der Waals surface area contributed by atoms with E-state index in [-0.39, 0.29) is 6.10 Å². The predicted molar refractivity (Wildman–Crippen MR) is 111 cm³/mol. The minimum absolute atomic E-state index is 0.175. The predicted octanol–water partition coefficient (Wildman–Crippen LogP) is 1.32. The number of nitrogens with zero attached hydrogens (tertiary/aromatic N) is 2. The summed E-state index contributed by atoms with van der Waals surface area (Å²) in [6.45, 7) is 8.82. The monoisotopic (exact) mass is 408 g/mol. The average molecular weight is 409 g/mol. The Kier molecular flexibility index (Phi) is 6.95. The maximum absolute atomic E-state index is 11.8. The molecule has 3 rings (SSSR count). The number of aryl methyl sites for hydroxylation is 1. The quantitative estimate of drug-likeness (QED) is 0.546. The van der Waals surface area contributed by atoms with Crippen molar-refractivity contribution in [1.82, 2.24) is 15.5 Å². The normalized spacial score (nSPS) is 23.5. The van der Waals surface area contributed by atoms with Gasteiger partial charge in [0, 0.05) is 31.9 Å². The van der Waals surface area contributed by atoms with Crippen molar-refractivity contribution in [1.29, 1.82) is 0 Å². The van der Waals surface area contributed by atoms with Gasteiger partial charge in [-0.15, -0.1) is 0 Å². The van der Waals surface area contributed by atoms with Crippen LogP contribution in [0.5, 0.6) is 0 Å². The summed E-state index contributed by atoms with van der Waals surface area (Å²) in [7, 11) is -3.20. The Morgan fingerprint density at radius 3 is 2.89 bits per heavy atom. The van der Waals surface area contributed by atoms with E-state index in [0.717, 1.165) is 43.3 Å². The van der Waals surface area contributed by atoms with Crippen LogP contribution >= 0.6 is 0 Å². The molecule has 1 aromatic rings. The number of ether oxygens (including phenoxy) is 1. The summed E-state index contributed by atoms with van der Waals surface area (Å²) in [4.78, 5) is 7.55. The van der Waals surface area contributed by atoms with Crippen LogP contribution in [0, 0.1) is 6.92 Å². The molecule has 0 aromatic heterocycles. The van der Waals surface area contributed by atoms with Crippen LogP contribution in [0.1, 0.15) is 30.9 Å². The van der Waals surface area contributed by atoms with Crippen molar-refractivity contribution in [2.45, 2.75) is 50.3 Å². The standard InChI is InChI=1S/C20H32N4O3S/c1-4-21-20(23-12-18-13-24-9-5-6-17(24)14-27-18)22-11-16-7-8-19(15(2)10-16)28(3,25)26/h7-8,10,17-18H,4-6,9,11-14H2,1-3H3,(H2,21,22,23). The molecule has 156 valence electrons. The zero-order valence-electron chi connectivity index (χ0n) is 17.1. The first kappa shape index (κ1) is 21.1. The van der Waals surface area contributed by atoms with E-state index < -0.39 is 9.84 Å². The van der Waals surface area contributed by atoms with E-state index in [9.17, 15) is 8.42 Å². The third-order valence-electron chi connectivity index (χ3n) is 5.36. The summed E-state index contributed by atoms with van der Waals surface area (Å²) in [5.41, 5.74) is 1.74. The number of guanidine groups is 1. The molecule has 0 spiro atoms. The topological polar surface area (TPSA) is 83.0 Å². The molecular weight excluding hydrogens is 376 g/mol. The Morgan fingerprint density at radius 2 is 2.18 bits per heavy atom. The molecule has 0 bridgehead atoms. The van der Waals surface area contributed by atoms with Crippen molar-refractivity contribution < 1.29 is 13.2 Å². The van der Waals surface area contributed by atoms with E-state index in [1.165, 1.54) is 25.6 Å². The average Bonchev–Trinajstić information content (AvgIpc) is 3.10. The summed E-state index contributed by atoms with van der Waals surface area (Å²) >= 11 is 0. The van der Waals surface area contributed by atoms with Crippen molar-refractivity contribution in [3.05, 3.63) is 29.3 Å². The van der Waals surface area contributed by atoms with Crippen LogP contribution in [0.4, 0.5) is 0 Å². The lowest BCUT2D eigenvalue weighted by molar-refractivity contribution is -0.0453. The Bertz CT molecular complexity index is 810. The molecule has 0 radical (unpaired) electrons. The van der Waals surface area contributed by atoms with Crippen LogP contribution in [0.3, 0.4) is 0 Å². The van der Waals surface area contributed by atoms with Crippen LogP contribution in [-0.2, 0) is 21.1 Å². The first-order valence-corrected chi connectivity index (χ1v) is 11.9. The van der Waals surface area contributed by atoms with Crippen molar-refractivity contribution in [2.75, 3.05) is 39.0 Å². The summed E-state index contributed by atoms with van der Waals surface area (Å²) in [6, 6.07) is 5.99. The molecule has 0 saturated carbocycles. The van der Waals surface area contributed by atoms with Crippen LogP contribution in [0.25, 0.3) is 0 Å². The largest absolute Gasteiger partial charge is 0.373 e. The van der Waals surface area contributed by atoms with E-state index in [1.54, 1.807) is 6.07 Å². The maximum atomic E-state index is 11.8. The minimum atomic E-state index is -3.20. The lowest BCUT2D eigenvalue weighted by Gasteiger charge is -2.35. The molecule has 2 unspecified atom stereocenters. The number of sulfone groups is 1. The second kappa shape index (κ2) is 9.24. The number of rotatable bonds is 6. The lowest BCUT2D eigenvalue weighted by atomic mass is 10.1. The van der Waals surface area contributed by atoms with Crippen molar-refractivity contribution in [3.63, 3.8) is 0 Å². The molecule has 2 aliphatic rings. The van der Waals surface area contributed by atoms with Gasteiger partial charge in [0.1, 0.15) is 0 Å². The number of morpholine rings is 1. The summed E-state index contributed by atoms with van der Waals surface area (Å²) in [5, 5.41) is 6.64. The molecular formula is C20H32N4O3S. The molecule has 7 nitrogen and oxygen atoms in total. The van der Waals surface area contributed by atoms with Gasteiger partial charge in [0.2, 0.25) is 0 Å². The van der Waals surface area contributed by atoms with Gasteiger partial charge in [-0.1, -0.05) is 12.1 Å². The number of benzene rings is 1. The highest BCUT2D eigenvalue weighted by atomic mass is 32.2. The van der Waals surface area contributed by atoms with Gasteiger partial charge in [-0.3, -0.25) is 4.90 Å². The highest BCUT2D eigenvalue weighted by molar-refractivity contribution is 7.90. The van der Waals surface area contributed by atoms with Gasteiger partial charge in [0.15, 0.2) is 15.8 Å². The highest BCUT2D eigenvalue weighted by Crippen LogP contribution is 2.22. The number of hydrogen-bond acceptors (Lipinski definition) is 5. The molecule has 2 fully saturated rings. The molecule has 2 atom stereocenters. The van der Waals surface area contributed by atoms with E-state index in [1.807, 2.05) is 26.0 Å². The van der Waals surface area contributed by atoms with Crippen molar-refractivity contribution in [3.8, 4) is 0 Å². The summed E-state index contributed by atoms with van der Waals surface area (Å²) < 4.78 is 29.5. The first-order chi connectivity index (χ1) is 13.4. The van der Waals surface area contributed by atoms with Crippen molar-refractivity contribution >= 4 is 15.8 Å². The van der Waals surface area contributed by atoms with Crippen LogP contribution in [0.2, 0.25) is 0 Å². The number of aliphatic imine (C=N–C) groups is 1. The second-order valence-electron chi connectivity index (χ2n) is 7.69. The van der Waals surface area contributed by atoms with Crippen molar-refractivity contribution in [2.24, 2.45) is 4.99 Å². The Balaban J connectivity index is 1.57. The molecule has 2 saturated heterocycles. The molecule has 2 N–H and O–H groups in total. The van der Waals surface area contributed by atoms with E-state index in [2.05, 4.69) is 20.5 Å². The highest BCUT2D eigenvalue weighted by Gasteiger charge is 2.32. The molecule has 0 amide bonds. The fourth-order valence-corrected chi connectivity index (χ4v) is 4.92. The summed E-state index contributed by atoms with van der Waals surface area (Å²) in [6.07, 6.45) is 3.94. The smallest absolute Gasteiger partial charge is 0.191 e. The van der Waals surface area contributed by atoms with Gasteiger partial charge in [-0.05, 0) is 50.4 Å². The minimum Gasteiger partial charge on any atom is -0.373 e. The SMILES string of the molecule is CCNC(=NCc1ccc(S(C)(=O)=O)c(C)c1)NCC1CN2CCCC2CO1. The van der Waals surface area contributed by atoms with Gasteiger partial charge >= 0.3 is 0 Å². The lowest BCUT2D eigenvalue weighted by Crippen LogP contribution is -2.51. The molecule has 8 heteroatoms. The molecule has 0 aliphatic carbocycles. The van der Waals surface area contributed by atoms with Gasteiger partial charge in [-0.2, -0.15) is 0 Å². The third kappa shape index (κ3) is 5.46. The fraction of sp³-hybridized carbons (Fsp3) is 0.650. The van der Waals surface area contributed by atoms with Gasteiger partial charge in [0.25, 0.3) is 0 Å². The third-order valence-corrected chi connectivity index (χ3v) is 6.62. The fourth-order valence-electron chi connectivity index (χ4n) is 3.96. The first-order valence-electron chi connectivity index (χ1n) is 10.0. The van der Waals surface area contributed by atoms with E-state index in [4.69, 9.17) is 4.74 Å². The Morgan fingerprint density at radius 1 is 1.36 bits per heavy atom. The molecule has 28 heavy (non-hydrogen) atoms. The van der Waals surface area contributed by atoms with Crippen LogP contribution < -0.4 is 10.6 Å². The zero-order chi connectivity index (χ0) is 20.1. The second-order valence-corrected chi connectivity index (χ2v) is 9.68. The van der Waals surface area contributed by atoms with E-state index in [0.29, 0.717) is 17.5 Å². The van der Waals surface area contributed by atoms with Gasteiger partial charge in [-0.25, -0.2) is 13.4 Å². The number of hydrogen-bond donors (Lipinski definition) is 2. The van der Waals surface area contributed by atoms with Crippen LogP contribution in [-0.4, -0.2) is 70.5 Å². The Hall–Kier alpha value is -1.64. The molecule has 2 aliphatic heterocycles.